The van der Waals surface area contributed by atoms with Gasteiger partial charge in [-0.2, -0.15) is 5.26 Å². The number of hydrogen-bond acceptors (Lipinski definition) is 4. The predicted octanol–water partition coefficient (Wildman–Crippen LogP) is 19.9. The van der Waals surface area contributed by atoms with Crippen molar-refractivity contribution in [3.05, 3.63) is 235 Å². The second-order valence-corrected chi connectivity index (χ2v) is 21.3. The van der Waals surface area contributed by atoms with Crippen LogP contribution in [0.1, 0.15) is 5.56 Å². The number of thiophene rings is 2. The lowest BCUT2D eigenvalue weighted by atomic mass is 9.88. The number of furan rings is 1. The van der Waals surface area contributed by atoms with Crippen molar-refractivity contribution < 1.29 is 4.42 Å². The summed E-state index contributed by atoms with van der Waals surface area (Å²) in [4.78, 5) is 4.73. The van der Waals surface area contributed by atoms with E-state index >= 15 is 0 Å². The first-order valence-electron chi connectivity index (χ1n) is 24.9. The lowest BCUT2D eigenvalue weighted by Crippen LogP contribution is -2.08. The molecule has 5 nitrogen and oxygen atoms in total. The molecule has 16 rings (SSSR count). The average Bonchev–Trinajstić information content (AvgIpc) is 4.30. The van der Waals surface area contributed by atoms with Gasteiger partial charge in [-0.3, -0.25) is 0 Å². The summed E-state index contributed by atoms with van der Waals surface area (Å²) in [5.41, 5.74) is 12.6. The summed E-state index contributed by atoms with van der Waals surface area (Å²) in [6.07, 6.45) is 0. The van der Waals surface area contributed by atoms with Crippen LogP contribution in [0.4, 0.5) is 5.69 Å². The molecule has 0 bridgehead atoms. The summed E-state index contributed by atoms with van der Waals surface area (Å²) < 4.78 is 16.5. The second kappa shape index (κ2) is 15.9. The Hall–Kier alpha value is -9.76. The van der Waals surface area contributed by atoms with Crippen LogP contribution >= 0.6 is 22.7 Å². The molecule has 0 saturated heterocycles. The fourth-order valence-corrected chi connectivity index (χ4v) is 14.8. The quantitative estimate of drug-likeness (QED) is 0.161. The van der Waals surface area contributed by atoms with Crippen LogP contribution in [0, 0.1) is 17.9 Å². The molecule has 7 heteroatoms. The molecule has 0 unspecified atom stereocenters. The molecule has 346 valence electrons. The van der Waals surface area contributed by atoms with E-state index in [1.54, 1.807) is 22.7 Å². The highest BCUT2D eigenvalue weighted by molar-refractivity contribution is 7.27. The maximum atomic E-state index is 12.4. The van der Waals surface area contributed by atoms with Crippen molar-refractivity contribution in [3.8, 4) is 50.8 Å². The Kier molecular flexibility index (Phi) is 8.85. The van der Waals surface area contributed by atoms with Gasteiger partial charge in [-0.25, -0.2) is 4.85 Å². The molecule has 0 aliphatic carbocycles. The Morgan fingerprint density at radius 1 is 0.400 bits per heavy atom. The minimum Gasteiger partial charge on any atom is -0.453 e. The van der Waals surface area contributed by atoms with E-state index in [0.29, 0.717) is 16.9 Å². The molecule has 0 spiro atoms. The summed E-state index contributed by atoms with van der Waals surface area (Å²) in [6.45, 7) is 9.68. The van der Waals surface area contributed by atoms with E-state index < -0.39 is 0 Å². The van der Waals surface area contributed by atoms with Crippen LogP contribution in [0.2, 0.25) is 0 Å². The highest BCUT2D eigenvalue weighted by Gasteiger charge is 2.34. The van der Waals surface area contributed by atoms with Gasteiger partial charge in [0.15, 0.2) is 5.58 Å². The zero-order valence-corrected chi connectivity index (χ0v) is 41.4. The maximum absolute atomic E-state index is 12.4. The van der Waals surface area contributed by atoms with E-state index in [4.69, 9.17) is 9.26 Å². The van der Waals surface area contributed by atoms with Crippen molar-refractivity contribution >= 4 is 134 Å². The third-order valence-corrected chi connectivity index (χ3v) is 17.8. The van der Waals surface area contributed by atoms with Gasteiger partial charge in [-0.05, 0) is 41.0 Å². The first-order valence-corrected chi connectivity index (χ1v) is 26.6. The summed E-state index contributed by atoms with van der Waals surface area (Å²) >= 11 is 3.54. The molecule has 0 radical (unpaired) electrons. The SMILES string of the molecule is [C-]#[N+]c1c(-c2ccccc2)c(-n2c3ccccc3c3ccc4c5cccc(-c6ccccc6)c5oc4c32)c(-c2ccccc2)c(C#N)c1-n1c2c(ccc3c4ccccc4sc32)c2ccc3c4ccccc4sc3c21. The molecule has 16 aromatic rings. The summed E-state index contributed by atoms with van der Waals surface area (Å²) in [7, 11) is 0. The Morgan fingerprint density at radius 3 is 1.48 bits per heavy atom. The molecule has 5 heterocycles. The van der Waals surface area contributed by atoms with E-state index in [2.05, 4.69) is 191 Å². The molecule has 0 N–H and O–H groups in total. The minimum absolute atomic E-state index is 0.386. The molecule has 0 atom stereocenters. The Bertz CT molecular complexity index is 4990. The van der Waals surface area contributed by atoms with Gasteiger partial charge in [-0.1, -0.05) is 194 Å². The maximum Gasteiger partial charge on any atom is 0.221 e. The molecular weight excluding hydrogens is 953 g/mol. The molecule has 0 amide bonds. The topological polar surface area (TPSA) is 51.1 Å². The summed E-state index contributed by atoms with van der Waals surface area (Å²) in [6, 6.07) is 79.4. The number of rotatable bonds is 5. The zero-order valence-electron chi connectivity index (χ0n) is 39.8. The highest BCUT2D eigenvalue weighted by atomic mass is 32.1. The van der Waals surface area contributed by atoms with Crippen LogP contribution in [-0.4, -0.2) is 9.13 Å². The molecule has 0 saturated carbocycles. The zero-order chi connectivity index (χ0) is 49.5. The lowest BCUT2D eigenvalue weighted by Gasteiger charge is -2.25. The van der Waals surface area contributed by atoms with Crippen molar-refractivity contribution in [2.24, 2.45) is 0 Å². The van der Waals surface area contributed by atoms with E-state index in [1.165, 1.54) is 20.2 Å². The number of para-hydroxylation sites is 2. The van der Waals surface area contributed by atoms with Gasteiger partial charge < -0.3 is 13.6 Å². The average molecular weight is 989 g/mol. The van der Waals surface area contributed by atoms with E-state index in [-0.39, 0.29) is 0 Å². The van der Waals surface area contributed by atoms with Crippen LogP contribution in [0.15, 0.2) is 223 Å². The fraction of sp³-hybridized carbons (Fsp3) is 0. The van der Waals surface area contributed by atoms with Crippen molar-refractivity contribution in [2.75, 3.05) is 0 Å². The first-order chi connectivity index (χ1) is 37.2. The van der Waals surface area contributed by atoms with Crippen molar-refractivity contribution in [1.82, 2.24) is 9.13 Å². The van der Waals surface area contributed by atoms with E-state index in [0.717, 1.165) is 125 Å². The van der Waals surface area contributed by atoms with Crippen LogP contribution in [0.5, 0.6) is 0 Å². The van der Waals surface area contributed by atoms with Crippen LogP contribution in [-0.2, 0) is 0 Å². The van der Waals surface area contributed by atoms with Crippen LogP contribution in [0.25, 0.3) is 155 Å². The standard InChI is InChI=1S/C68H36N4OS2/c1-70-59-58(41-22-9-4-10-23-41)64(71-54-29-14-11-24-43(54)46-32-35-50-49-28-17-27-42(39-18-5-2-6-19-39)65(49)73-66(50)61(46)71)57(40-20-7-3-8-21-40)53(38-69)60(59)72-62-47(33-36-51-44-25-12-15-30-55(44)74-67(51)62)48-34-37-52-45-26-13-16-31-56(45)75-68(52)63(48)72/h2-37H. The molecule has 11 aromatic carbocycles. The largest absolute Gasteiger partial charge is 0.453 e. The predicted molar refractivity (Wildman–Crippen MR) is 315 cm³/mol. The monoisotopic (exact) mass is 988 g/mol. The highest BCUT2D eigenvalue weighted by Crippen LogP contribution is 2.55. The smallest absolute Gasteiger partial charge is 0.221 e. The fourth-order valence-electron chi connectivity index (χ4n) is 12.3. The van der Waals surface area contributed by atoms with Gasteiger partial charge in [0.2, 0.25) is 5.69 Å². The second-order valence-electron chi connectivity index (χ2n) is 19.2. The summed E-state index contributed by atoms with van der Waals surface area (Å²) in [5.74, 6) is 0. The van der Waals surface area contributed by atoms with Gasteiger partial charge in [0.1, 0.15) is 11.7 Å². The number of nitriles is 1. The normalized spacial score (nSPS) is 12.0. The first kappa shape index (κ1) is 41.8. The molecule has 75 heavy (non-hydrogen) atoms. The molecular formula is C68H36N4OS2. The van der Waals surface area contributed by atoms with Gasteiger partial charge in [0, 0.05) is 80.0 Å². The van der Waals surface area contributed by atoms with Crippen LogP contribution in [0.3, 0.4) is 0 Å². The van der Waals surface area contributed by atoms with Gasteiger partial charge in [-0.15, -0.1) is 22.7 Å². The number of hydrogen-bond donors (Lipinski definition) is 0. The van der Waals surface area contributed by atoms with Gasteiger partial charge in [0.05, 0.1) is 55.0 Å². The van der Waals surface area contributed by atoms with Gasteiger partial charge >= 0.3 is 0 Å². The number of nitrogens with zero attached hydrogens (tertiary/aromatic N) is 4. The third kappa shape index (κ3) is 5.74. The Balaban J connectivity index is 1.16. The van der Waals surface area contributed by atoms with Gasteiger partial charge in [0.25, 0.3) is 0 Å². The van der Waals surface area contributed by atoms with Crippen LogP contribution < -0.4 is 0 Å². The lowest BCUT2D eigenvalue weighted by molar-refractivity contribution is 0.672. The number of aromatic nitrogens is 2. The molecule has 0 aliphatic heterocycles. The molecule has 0 fully saturated rings. The molecule has 0 aliphatic rings. The van der Waals surface area contributed by atoms with E-state index in [9.17, 15) is 11.8 Å². The summed E-state index contributed by atoms with van der Waals surface area (Å²) in [5, 5.41) is 23.2. The molecule has 5 aromatic heterocycles. The Labute approximate surface area is 436 Å². The van der Waals surface area contributed by atoms with Crippen molar-refractivity contribution in [3.63, 3.8) is 0 Å². The Morgan fingerprint density at radius 2 is 0.880 bits per heavy atom. The van der Waals surface area contributed by atoms with Crippen molar-refractivity contribution in [1.29, 1.82) is 5.26 Å². The third-order valence-electron chi connectivity index (χ3n) is 15.4. The minimum atomic E-state index is 0.386. The number of benzene rings is 11. The van der Waals surface area contributed by atoms with Crippen molar-refractivity contribution in [2.45, 2.75) is 0 Å². The van der Waals surface area contributed by atoms with E-state index in [1.807, 2.05) is 42.5 Å². The number of fused-ring (bicyclic) bond motifs is 18.